The molecule has 0 aliphatic carbocycles. The van der Waals surface area contributed by atoms with Gasteiger partial charge in [0.1, 0.15) is 5.52 Å². The molecular formula is C13H13NO2. The molecule has 0 bridgehead atoms. The smallest absolute Gasteiger partial charge is 0.230 e. The molecule has 0 unspecified atom stereocenters. The summed E-state index contributed by atoms with van der Waals surface area (Å²) in [6.45, 7) is 3.50. The Morgan fingerprint density at radius 2 is 2.19 bits per heavy atom. The third-order valence-electron chi connectivity index (χ3n) is 2.31. The van der Waals surface area contributed by atoms with Crippen molar-refractivity contribution in [1.29, 1.82) is 0 Å². The topological polar surface area (TPSA) is 43.1 Å². The van der Waals surface area contributed by atoms with Gasteiger partial charge in [-0.1, -0.05) is 25.1 Å². The van der Waals surface area contributed by atoms with Crippen LogP contribution in [0.1, 0.15) is 26.2 Å². The average Bonchev–Trinajstić information content (AvgIpc) is 2.68. The minimum absolute atomic E-state index is 0.0200. The van der Waals surface area contributed by atoms with Crippen LogP contribution in [0.25, 0.3) is 16.7 Å². The number of hydrogen-bond acceptors (Lipinski definition) is 3. The number of aromatic nitrogens is 1. The molecule has 16 heavy (non-hydrogen) atoms. The van der Waals surface area contributed by atoms with E-state index in [0.717, 1.165) is 11.9 Å². The Kier molecular flexibility index (Phi) is 2.86. The molecule has 0 saturated carbocycles. The number of para-hydroxylation sites is 2. The number of hydrogen-bond donors (Lipinski definition) is 0. The standard InChI is InChI=1S/C13H13NO2/c1-3-6-10(9(2)15)13-14-11-7-4-5-8-12(11)16-13/h4-8H,3H2,1-2H3/b10-6+. The van der Waals surface area contributed by atoms with Crippen LogP contribution in [-0.2, 0) is 4.79 Å². The lowest BCUT2D eigenvalue weighted by Gasteiger charge is -1.95. The Labute approximate surface area is 93.8 Å². The monoisotopic (exact) mass is 215 g/mol. The van der Waals surface area contributed by atoms with Gasteiger partial charge in [-0.05, 0) is 25.5 Å². The van der Waals surface area contributed by atoms with Crippen LogP contribution in [0.2, 0.25) is 0 Å². The molecular weight excluding hydrogens is 202 g/mol. The lowest BCUT2D eigenvalue weighted by atomic mass is 10.1. The van der Waals surface area contributed by atoms with E-state index in [-0.39, 0.29) is 5.78 Å². The number of oxazole rings is 1. The fourth-order valence-electron chi connectivity index (χ4n) is 1.57. The Bertz CT molecular complexity index is 519. The van der Waals surface area contributed by atoms with Gasteiger partial charge < -0.3 is 4.42 Å². The molecule has 0 aliphatic heterocycles. The maximum Gasteiger partial charge on any atom is 0.230 e. The highest BCUT2D eigenvalue weighted by molar-refractivity contribution is 6.18. The first-order valence-corrected chi connectivity index (χ1v) is 5.29. The van der Waals surface area contributed by atoms with Gasteiger partial charge in [0, 0.05) is 0 Å². The number of rotatable bonds is 3. The number of nitrogens with zero attached hydrogens (tertiary/aromatic N) is 1. The van der Waals surface area contributed by atoms with Crippen molar-refractivity contribution in [2.24, 2.45) is 0 Å². The van der Waals surface area contributed by atoms with Crippen LogP contribution in [0.3, 0.4) is 0 Å². The van der Waals surface area contributed by atoms with Gasteiger partial charge in [0.05, 0.1) is 5.57 Å². The maximum absolute atomic E-state index is 11.4. The molecule has 0 atom stereocenters. The molecule has 3 heteroatoms. The van der Waals surface area contributed by atoms with Crippen LogP contribution in [0.15, 0.2) is 34.8 Å². The molecule has 0 N–H and O–H groups in total. The van der Waals surface area contributed by atoms with Gasteiger partial charge in [-0.2, -0.15) is 0 Å². The fraction of sp³-hybridized carbons (Fsp3) is 0.231. The molecule has 0 radical (unpaired) electrons. The van der Waals surface area contributed by atoms with Crippen molar-refractivity contribution in [2.75, 3.05) is 0 Å². The summed E-state index contributed by atoms with van der Waals surface area (Å²) in [5, 5.41) is 0. The van der Waals surface area contributed by atoms with Crippen LogP contribution < -0.4 is 0 Å². The lowest BCUT2D eigenvalue weighted by molar-refractivity contribution is -0.111. The van der Waals surface area contributed by atoms with Gasteiger partial charge in [0.2, 0.25) is 5.89 Å². The van der Waals surface area contributed by atoms with Crippen LogP contribution in [-0.4, -0.2) is 10.8 Å². The summed E-state index contributed by atoms with van der Waals surface area (Å²) >= 11 is 0. The van der Waals surface area contributed by atoms with Crippen molar-refractivity contribution in [2.45, 2.75) is 20.3 Å². The Morgan fingerprint density at radius 1 is 1.44 bits per heavy atom. The number of benzene rings is 1. The molecule has 1 heterocycles. The van der Waals surface area contributed by atoms with E-state index >= 15 is 0 Å². The van der Waals surface area contributed by atoms with Gasteiger partial charge in [-0.15, -0.1) is 0 Å². The summed E-state index contributed by atoms with van der Waals surface area (Å²) in [4.78, 5) is 15.7. The summed E-state index contributed by atoms with van der Waals surface area (Å²) in [7, 11) is 0. The molecule has 2 aromatic rings. The van der Waals surface area contributed by atoms with E-state index in [9.17, 15) is 4.79 Å². The summed E-state index contributed by atoms with van der Waals surface area (Å²) < 4.78 is 5.54. The second-order valence-electron chi connectivity index (χ2n) is 3.57. The Hall–Kier alpha value is -1.90. The Morgan fingerprint density at radius 3 is 2.81 bits per heavy atom. The van der Waals surface area contributed by atoms with E-state index in [2.05, 4.69) is 4.98 Å². The number of fused-ring (bicyclic) bond motifs is 1. The first-order chi connectivity index (χ1) is 7.72. The third-order valence-corrected chi connectivity index (χ3v) is 2.31. The zero-order valence-electron chi connectivity index (χ0n) is 9.36. The normalized spacial score (nSPS) is 12.0. The molecule has 0 saturated heterocycles. The number of allylic oxidation sites excluding steroid dienone is 2. The summed E-state index contributed by atoms with van der Waals surface area (Å²) in [6.07, 6.45) is 2.63. The minimum Gasteiger partial charge on any atom is -0.436 e. The second-order valence-corrected chi connectivity index (χ2v) is 3.57. The zero-order valence-corrected chi connectivity index (χ0v) is 9.36. The van der Waals surface area contributed by atoms with Crippen molar-refractivity contribution in [3.8, 4) is 0 Å². The van der Waals surface area contributed by atoms with Crippen LogP contribution >= 0.6 is 0 Å². The number of Topliss-reactive ketones (excluding diaryl/α,β-unsaturated/α-hetero) is 1. The van der Waals surface area contributed by atoms with Crippen molar-refractivity contribution in [3.05, 3.63) is 36.2 Å². The van der Waals surface area contributed by atoms with Gasteiger partial charge in [0.25, 0.3) is 0 Å². The highest BCUT2D eigenvalue weighted by Crippen LogP contribution is 2.21. The van der Waals surface area contributed by atoms with Crippen molar-refractivity contribution in [3.63, 3.8) is 0 Å². The molecule has 0 fully saturated rings. The van der Waals surface area contributed by atoms with E-state index in [1.54, 1.807) is 0 Å². The predicted molar refractivity (Wildman–Crippen MR) is 63.0 cm³/mol. The third kappa shape index (κ3) is 1.89. The van der Waals surface area contributed by atoms with E-state index in [4.69, 9.17) is 4.42 Å². The van der Waals surface area contributed by atoms with Crippen LogP contribution in [0, 0.1) is 0 Å². The molecule has 0 aliphatic rings. The van der Waals surface area contributed by atoms with E-state index in [1.807, 2.05) is 37.3 Å². The first-order valence-electron chi connectivity index (χ1n) is 5.29. The second kappa shape index (κ2) is 4.31. The molecule has 82 valence electrons. The van der Waals surface area contributed by atoms with Gasteiger partial charge in [-0.25, -0.2) is 4.98 Å². The van der Waals surface area contributed by atoms with Gasteiger partial charge in [0.15, 0.2) is 11.4 Å². The average molecular weight is 215 g/mol. The molecule has 1 aromatic carbocycles. The maximum atomic E-state index is 11.4. The summed E-state index contributed by atoms with van der Waals surface area (Å²) in [5.41, 5.74) is 2.04. The predicted octanol–water partition coefficient (Wildman–Crippen LogP) is 3.21. The fourth-order valence-corrected chi connectivity index (χ4v) is 1.57. The molecule has 2 rings (SSSR count). The number of ketones is 1. The molecule has 0 amide bonds. The SMILES string of the molecule is CC/C=C(\C(C)=O)c1nc2ccccc2o1. The molecule has 1 aromatic heterocycles. The van der Waals surface area contributed by atoms with Crippen molar-refractivity contribution >= 4 is 22.5 Å². The molecule has 3 nitrogen and oxygen atoms in total. The largest absolute Gasteiger partial charge is 0.436 e. The first kappa shape index (κ1) is 10.6. The molecule has 0 spiro atoms. The van der Waals surface area contributed by atoms with E-state index in [0.29, 0.717) is 17.0 Å². The van der Waals surface area contributed by atoms with Crippen molar-refractivity contribution < 1.29 is 9.21 Å². The van der Waals surface area contributed by atoms with Crippen LogP contribution in [0.5, 0.6) is 0 Å². The summed E-state index contributed by atoms with van der Waals surface area (Å²) in [6, 6.07) is 7.49. The minimum atomic E-state index is -0.0200. The van der Waals surface area contributed by atoms with Gasteiger partial charge in [-0.3, -0.25) is 4.79 Å². The highest BCUT2D eigenvalue weighted by Gasteiger charge is 2.13. The van der Waals surface area contributed by atoms with E-state index < -0.39 is 0 Å². The number of carbonyl (C=O) groups excluding carboxylic acids is 1. The van der Waals surface area contributed by atoms with Crippen LogP contribution in [0.4, 0.5) is 0 Å². The van der Waals surface area contributed by atoms with Gasteiger partial charge >= 0.3 is 0 Å². The lowest BCUT2D eigenvalue weighted by Crippen LogP contribution is -1.95. The Balaban J connectivity index is 2.53. The highest BCUT2D eigenvalue weighted by atomic mass is 16.3. The number of carbonyl (C=O) groups is 1. The van der Waals surface area contributed by atoms with Crippen molar-refractivity contribution in [1.82, 2.24) is 4.98 Å². The quantitative estimate of drug-likeness (QED) is 0.738. The summed E-state index contributed by atoms with van der Waals surface area (Å²) in [5.74, 6) is 0.393. The zero-order chi connectivity index (χ0) is 11.5. The van der Waals surface area contributed by atoms with E-state index in [1.165, 1.54) is 6.92 Å².